The molecule has 0 unspecified atom stereocenters. The molecule has 0 radical (unpaired) electrons. The Hall–Kier alpha value is -3.32. The van der Waals surface area contributed by atoms with Gasteiger partial charge >= 0.3 is 0 Å². The summed E-state index contributed by atoms with van der Waals surface area (Å²) in [5.41, 5.74) is 6.20. The van der Waals surface area contributed by atoms with Gasteiger partial charge in [0, 0.05) is 30.9 Å². The Morgan fingerprint density at radius 1 is 1.00 bits per heavy atom. The van der Waals surface area contributed by atoms with Crippen LogP contribution in [0.15, 0.2) is 66.7 Å². The highest BCUT2D eigenvalue weighted by atomic mass is 32.2. The lowest BCUT2D eigenvalue weighted by molar-refractivity contribution is 0.0951. The van der Waals surface area contributed by atoms with E-state index in [0.717, 1.165) is 41.3 Å². The quantitative estimate of drug-likeness (QED) is 0.431. The van der Waals surface area contributed by atoms with Gasteiger partial charge in [0.1, 0.15) is 0 Å². The maximum absolute atomic E-state index is 12.7. The van der Waals surface area contributed by atoms with Crippen molar-refractivity contribution in [1.29, 1.82) is 0 Å². The first kappa shape index (κ1) is 26.7. The summed E-state index contributed by atoms with van der Waals surface area (Å²) in [6.45, 7) is 9.00. The molecule has 1 heterocycles. The molecule has 1 amide bonds. The summed E-state index contributed by atoms with van der Waals surface area (Å²) in [5.74, 6) is 0.565. The van der Waals surface area contributed by atoms with E-state index in [9.17, 15) is 13.2 Å². The molecule has 1 saturated heterocycles. The predicted octanol–water partition coefficient (Wildman–Crippen LogP) is 5.44. The Labute approximate surface area is 221 Å². The summed E-state index contributed by atoms with van der Waals surface area (Å²) >= 11 is 0. The molecule has 3 aromatic rings. The fourth-order valence-electron chi connectivity index (χ4n) is 4.83. The number of hydrogen-bond donors (Lipinski definition) is 1. The van der Waals surface area contributed by atoms with Gasteiger partial charge in [-0.25, -0.2) is 8.42 Å². The van der Waals surface area contributed by atoms with E-state index in [4.69, 9.17) is 0 Å². The van der Waals surface area contributed by atoms with E-state index < -0.39 is 10.0 Å². The van der Waals surface area contributed by atoms with Crippen molar-refractivity contribution in [3.63, 3.8) is 0 Å². The number of anilines is 2. The van der Waals surface area contributed by atoms with Crippen molar-refractivity contribution in [2.45, 2.75) is 46.7 Å². The number of carbonyl (C=O) groups is 1. The third-order valence-corrected chi connectivity index (χ3v) is 8.11. The first-order chi connectivity index (χ1) is 17.6. The molecule has 6 nitrogen and oxygen atoms in total. The van der Waals surface area contributed by atoms with Crippen LogP contribution in [0.5, 0.6) is 0 Å². The van der Waals surface area contributed by atoms with Gasteiger partial charge in [0.25, 0.3) is 5.91 Å². The van der Waals surface area contributed by atoms with E-state index in [1.807, 2.05) is 44.2 Å². The maximum atomic E-state index is 12.7. The van der Waals surface area contributed by atoms with Crippen LogP contribution in [0.1, 0.15) is 52.4 Å². The van der Waals surface area contributed by atoms with Gasteiger partial charge in [-0.2, -0.15) is 0 Å². The summed E-state index contributed by atoms with van der Waals surface area (Å²) in [7, 11) is -3.48. The van der Waals surface area contributed by atoms with Crippen molar-refractivity contribution in [2.24, 2.45) is 5.92 Å². The van der Waals surface area contributed by atoms with Crippen LogP contribution in [0.3, 0.4) is 0 Å². The molecule has 7 heteroatoms. The Bertz CT molecular complexity index is 1340. The van der Waals surface area contributed by atoms with Crippen molar-refractivity contribution in [2.75, 3.05) is 28.6 Å². The van der Waals surface area contributed by atoms with Crippen LogP contribution < -0.4 is 14.5 Å². The van der Waals surface area contributed by atoms with Crippen LogP contribution in [0, 0.1) is 19.8 Å². The summed E-state index contributed by atoms with van der Waals surface area (Å²) in [4.78, 5) is 15.2. The number of aryl methyl sites for hydroxylation is 2. The first-order valence-electron chi connectivity index (χ1n) is 12.9. The molecule has 0 aliphatic carbocycles. The third-order valence-electron chi connectivity index (χ3n) is 6.99. The van der Waals surface area contributed by atoms with Crippen molar-refractivity contribution in [3.05, 3.63) is 94.5 Å². The van der Waals surface area contributed by atoms with Crippen molar-refractivity contribution in [3.8, 4) is 0 Å². The molecule has 4 rings (SSSR count). The van der Waals surface area contributed by atoms with Gasteiger partial charge in [-0.1, -0.05) is 43.3 Å². The average Bonchev–Trinajstić information content (AvgIpc) is 2.87. The van der Waals surface area contributed by atoms with Gasteiger partial charge in [0.05, 0.1) is 18.5 Å². The summed E-state index contributed by atoms with van der Waals surface area (Å²) in [5, 5.41) is 2.99. The van der Waals surface area contributed by atoms with Crippen LogP contribution in [-0.4, -0.2) is 33.7 Å². The monoisotopic (exact) mass is 519 g/mol. The predicted molar refractivity (Wildman–Crippen MR) is 152 cm³/mol. The molecule has 1 atom stereocenters. The number of nitrogens with one attached hydrogen (secondary N) is 1. The molecule has 1 fully saturated rings. The zero-order chi connectivity index (χ0) is 26.6. The van der Waals surface area contributed by atoms with Crippen molar-refractivity contribution in [1.82, 2.24) is 5.32 Å². The topological polar surface area (TPSA) is 69.7 Å². The van der Waals surface area contributed by atoms with Gasteiger partial charge in [0.2, 0.25) is 10.0 Å². The molecular weight excluding hydrogens is 482 g/mol. The molecule has 37 heavy (non-hydrogen) atoms. The van der Waals surface area contributed by atoms with Gasteiger partial charge in [-0.3, -0.25) is 9.10 Å². The molecule has 1 N–H and O–H groups in total. The molecule has 0 spiro atoms. The molecule has 0 saturated carbocycles. The number of rotatable bonds is 8. The van der Waals surface area contributed by atoms with Crippen LogP contribution in [0.4, 0.5) is 11.4 Å². The van der Waals surface area contributed by atoms with E-state index in [-0.39, 0.29) is 12.5 Å². The SMILES string of the molecule is Cc1ccc(C)c(N(Cc2ccc(C(=O)NCc3ccc(N4CCC[C@H](C)C4)cc3)cc2)S(C)(=O)=O)c1. The Morgan fingerprint density at radius 3 is 2.32 bits per heavy atom. The molecule has 0 aromatic heterocycles. The molecule has 3 aromatic carbocycles. The van der Waals surface area contributed by atoms with Gasteiger partial charge in [-0.05, 0) is 85.2 Å². The number of nitrogens with zero attached hydrogens (tertiary/aromatic N) is 2. The summed E-state index contributed by atoms with van der Waals surface area (Å²) in [6, 6.07) is 21.3. The van der Waals surface area contributed by atoms with Crippen LogP contribution in [-0.2, 0) is 23.1 Å². The maximum Gasteiger partial charge on any atom is 0.251 e. The summed E-state index contributed by atoms with van der Waals surface area (Å²) < 4.78 is 26.6. The lowest BCUT2D eigenvalue weighted by Gasteiger charge is -2.32. The normalized spacial score (nSPS) is 15.9. The molecule has 1 aliphatic rings. The molecule has 0 bridgehead atoms. The van der Waals surface area contributed by atoms with Crippen LogP contribution >= 0.6 is 0 Å². The second-order valence-corrected chi connectivity index (χ2v) is 12.2. The number of sulfonamides is 1. The minimum atomic E-state index is -3.48. The fraction of sp³-hybridized carbons (Fsp3) is 0.367. The van der Waals surface area contributed by atoms with Gasteiger partial charge < -0.3 is 10.2 Å². The lowest BCUT2D eigenvalue weighted by atomic mass is 9.99. The first-order valence-corrected chi connectivity index (χ1v) is 14.7. The number of piperidine rings is 1. The Kier molecular flexibility index (Phi) is 8.22. The lowest BCUT2D eigenvalue weighted by Crippen LogP contribution is -2.34. The van der Waals surface area contributed by atoms with Crippen molar-refractivity contribution >= 4 is 27.3 Å². The molecular formula is C30H37N3O3S. The third kappa shape index (κ3) is 6.92. The highest BCUT2D eigenvalue weighted by Crippen LogP contribution is 2.26. The number of benzene rings is 3. The zero-order valence-corrected chi connectivity index (χ0v) is 23.0. The number of amides is 1. The van der Waals surface area contributed by atoms with E-state index in [1.54, 1.807) is 12.1 Å². The van der Waals surface area contributed by atoms with E-state index in [2.05, 4.69) is 41.4 Å². The second-order valence-electron chi connectivity index (χ2n) is 10.3. The van der Waals surface area contributed by atoms with E-state index in [1.165, 1.54) is 29.1 Å². The van der Waals surface area contributed by atoms with E-state index in [0.29, 0.717) is 17.8 Å². The van der Waals surface area contributed by atoms with Crippen molar-refractivity contribution < 1.29 is 13.2 Å². The number of carbonyl (C=O) groups excluding carboxylic acids is 1. The highest BCUT2D eigenvalue weighted by Gasteiger charge is 2.20. The summed E-state index contributed by atoms with van der Waals surface area (Å²) in [6.07, 6.45) is 3.75. The zero-order valence-electron chi connectivity index (χ0n) is 22.2. The number of hydrogen-bond acceptors (Lipinski definition) is 4. The minimum absolute atomic E-state index is 0.157. The van der Waals surface area contributed by atoms with Gasteiger partial charge in [0.15, 0.2) is 0 Å². The average molecular weight is 520 g/mol. The fourth-order valence-corrected chi connectivity index (χ4v) is 5.77. The highest BCUT2D eigenvalue weighted by molar-refractivity contribution is 7.92. The Morgan fingerprint density at radius 2 is 1.68 bits per heavy atom. The van der Waals surface area contributed by atoms with Crippen LogP contribution in [0.2, 0.25) is 0 Å². The smallest absolute Gasteiger partial charge is 0.251 e. The van der Waals surface area contributed by atoms with Crippen LogP contribution in [0.25, 0.3) is 0 Å². The Balaban J connectivity index is 1.37. The largest absolute Gasteiger partial charge is 0.371 e. The minimum Gasteiger partial charge on any atom is -0.371 e. The van der Waals surface area contributed by atoms with E-state index >= 15 is 0 Å². The standard InChI is InChI=1S/C30H37N3O3S/c1-22-7-8-24(3)29(18-22)33(37(4,35)36)21-26-9-13-27(14-10-26)30(34)31-19-25-11-15-28(16-12-25)32-17-5-6-23(2)20-32/h7-16,18,23H,5-6,17,19-21H2,1-4H3,(H,31,34)/t23-/m0/s1. The van der Waals surface area contributed by atoms with Gasteiger partial charge in [-0.15, -0.1) is 0 Å². The molecule has 1 aliphatic heterocycles. The second kappa shape index (κ2) is 11.4. The molecule has 196 valence electrons.